The van der Waals surface area contributed by atoms with E-state index in [2.05, 4.69) is 12.6 Å². The van der Waals surface area contributed by atoms with Gasteiger partial charge in [0.15, 0.2) is 9.84 Å². The SMILES string of the molecule is COc1ccc(S(=O)(=O)CCC(C)S)cc1. The molecule has 0 bridgehead atoms. The highest BCUT2D eigenvalue weighted by Crippen LogP contribution is 2.18. The fourth-order valence-corrected chi connectivity index (χ4v) is 2.98. The third-order valence-electron chi connectivity index (χ3n) is 2.22. The van der Waals surface area contributed by atoms with Gasteiger partial charge in [-0.05, 0) is 35.9 Å². The van der Waals surface area contributed by atoms with Gasteiger partial charge in [0, 0.05) is 0 Å². The molecule has 0 N–H and O–H groups in total. The third kappa shape index (κ3) is 3.72. The maximum absolute atomic E-state index is 11.9. The summed E-state index contributed by atoms with van der Waals surface area (Å²) in [6.07, 6.45) is 0.553. The van der Waals surface area contributed by atoms with Crippen molar-refractivity contribution >= 4 is 22.5 Å². The molecule has 1 aromatic rings. The van der Waals surface area contributed by atoms with Crippen molar-refractivity contribution in [2.45, 2.75) is 23.5 Å². The van der Waals surface area contributed by atoms with Crippen molar-refractivity contribution in [3.05, 3.63) is 24.3 Å². The average molecular weight is 260 g/mol. The Labute approximate surface area is 102 Å². The van der Waals surface area contributed by atoms with Gasteiger partial charge < -0.3 is 4.74 Å². The van der Waals surface area contributed by atoms with Crippen LogP contribution in [0.5, 0.6) is 5.75 Å². The molecule has 1 rings (SSSR count). The Kier molecular flexibility index (Phi) is 4.68. The molecule has 0 aliphatic heterocycles. The Hall–Kier alpha value is -0.680. The number of methoxy groups -OCH3 is 1. The molecule has 1 atom stereocenters. The second-order valence-corrected chi connectivity index (χ2v) is 6.62. The van der Waals surface area contributed by atoms with Crippen LogP contribution in [0.3, 0.4) is 0 Å². The normalized spacial score (nSPS) is 13.4. The summed E-state index contributed by atoms with van der Waals surface area (Å²) < 4.78 is 28.7. The zero-order valence-corrected chi connectivity index (χ0v) is 11.1. The number of hydrogen-bond donors (Lipinski definition) is 1. The van der Waals surface area contributed by atoms with Crippen LogP contribution in [0.2, 0.25) is 0 Å². The van der Waals surface area contributed by atoms with E-state index in [1.165, 1.54) is 0 Å². The molecule has 0 saturated carbocycles. The Bertz CT molecular complexity index is 421. The molecule has 0 spiro atoms. The summed E-state index contributed by atoms with van der Waals surface area (Å²) in [6.45, 7) is 1.88. The fraction of sp³-hybridized carbons (Fsp3) is 0.455. The fourth-order valence-electron chi connectivity index (χ4n) is 1.23. The maximum Gasteiger partial charge on any atom is 0.178 e. The van der Waals surface area contributed by atoms with Crippen LogP contribution in [0.15, 0.2) is 29.2 Å². The topological polar surface area (TPSA) is 43.4 Å². The number of thiol groups is 1. The molecular formula is C11H16O3S2. The van der Waals surface area contributed by atoms with Crippen molar-refractivity contribution in [1.82, 2.24) is 0 Å². The summed E-state index contributed by atoms with van der Waals surface area (Å²) in [6, 6.07) is 6.43. The van der Waals surface area contributed by atoms with Gasteiger partial charge in [0.05, 0.1) is 17.8 Å². The molecule has 3 nitrogen and oxygen atoms in total. The number of sulfone groups is 1. The minimum Gasteiger partial charge on any atom is -0.497 e. The molecular weight excluding hydrogens is 244 g/mol. The molecule has 0 radical (unpaired) electrons. The molecule has 0 aromatic heterocycles. The van der Waals surface area contributed by atoms with Gasteiger partial charge in [0.1, 0.15) is 5.75 Å². The minimum atomic E-state index is -3.18. The van der Waals surface area contributed by atoms with Crippen LogP contribution in [-0.2, 0) is 9.84 Å². The third-order valence-corrected chi connectivity index (χ3v) is 4.24. The summed E-state index contributed by atoms with van der Waals surface area (Å²) in [7, 11) is -1.64. The predicted octanol–water partition coefficient (Wildman–Crippen LogP) is 2.18. The molecule has 5 heteroatoms. The van der Waals surface area contributed by atoms with Crippen LogP contribution in [0.25, 0.3) is 0 Å². The number of benzene rings is 1. The lowest BCUT2D eigenvalue weighted by atomic mass is 10.3. The van der Waals surface area contributed by atoms with Gasteiger partial charge >= 0.3 is 0 Å². The lowest BCUT2D eigenvalue weighted by Gasteiger charge is -2.07. The van der Waals surface area contributed by atoms with Gasteiger partial charge in [-0.25, -0.2) is 8.42 Å². The highest BCUT2D eigenvalue weighted by Gasteiger charge is 2.14. The van der Waals surface area contributed by atoms with Crippen molar-refractivity contribution in [2.24, 2.45) is 0 Å². The molecule has 1 unspecified atom stereocenters. The molecule has 0 aliphatic carbocycles. The monoisotopic (exact) mass is 260 g/mol. The average Bonchev–Trinajstić information content (AvgIpc) is 2.27. The van der Waals surface area contributed by atoms with Gasteiger partial charge in [-0.15, -0.1) is 0 Å². The van der Waals surface area contributed by atoms with Crippen LogP contribution in [-0.4, -0.2) is 26.5 Å². The first-order valence-corrected chi connectivity index (χ1v) is 7.17. The summed E-state index contributed by atoms with van der Waals surface area (Å²) in [5, 5.41) is 0.0908. The van der Waals surface area contributed by atoms with Gasteiger partial charge in [0.2, 0.25) is 0 Å². The molecule has 0 saturated heterocycles. The van der Waals surface area contributed by atoms with Crippen molar-refractivity contribution in [3.8, 4) is 5.75 Å². The summed E-state index contributed by atoms with van der Waals surface area (Å²) >= 11 is 4.17. The lowest BCUT2D eigenvalue weighted by molar-refractivity contribution is 0.414. The van der Waals surface area contributed by atoms with Crippen LogP contribution < -0.4 is 4.74 Å². The number of rotatable bonds is 5. The van der Waals surface area contributed by atoms with E-state index >= 15 is 0 Å². The Morgan fingerprint density at radius 1 is 1.31 bits per heavy atom. The lowest BCUT2D eigenvalue weighted by Crippen LogP contribution is -2.10. The summed E-state index contributed by atoms with van der Waals surface area (Å²) in [4.78, 5) is 0.335. The maximum atomic E-state index is 11.9. The number of ether oxygens (including phenoxy) is 1. The van der Waals surface area contributed by atoms with E-state index in [-0.39, 0.29) is 11.0 Å². The van der Waals surface area contributed by atoms with E-state index in [9.17, 15) is 8.42 Å². The van der Waals surface area contributed by atoms with E-state index in [1.54, 1.807) is 31.4 Å². The standard InChI is InChI=1S/C11H16O3S2/c1-9(15)7-8-16(12,13)11-5-3-10(14-2)4-6-11/h3-6,9,15H,7-8H2,1-2H3. The van der Waals surface area contributed by atoms with E-state index in [0.29, 0.717) is 17.1 Å². The van der Waals surface area contributed by atoms with E-state index < -0.39 is 9.84 Å². The molecule has 0 heterocycles. The zero-order chi connectivity index (χ0) is 12.2. The van der Waals surface area contributed by atoms with Gasteiger partial charge in [0.25, 0.3) is 0 Å². The van der Waals surface area contributed by atoms with Crippen LogP contribution in [0.1, 0.15) is 13.3 Å². The molecule has 1 aromatic carbocycles. The first-order chi connectivity index (χ1) is 7.45. The van der Waals surface area contributed by atoms with Crippen molar-refractivity contribution < 1.29 is 13.2 Å². The summed E-state index contributed by atoms with van der Waals surface area (Å²) in [5.41, 5.74) is 0. The Balaban J connectivity index is 2.82. The highest BCUT2D eigenvalue weighted by atomic mass is 32.2. The molecule has 90 valence electrons. The second-order valence-electron chi connectivity index (χ2n) is 3.63. The highest BCUT2D eigenvalue weighted by molar-refractivity contribution is 7.91. The summed E-state index contributed by atoms with van der Waals surface area (Å²) in [5.74, 6) is 0.783. The first-order valence-electron chi connectivity index (χ1n) is 5.00. The van der Waals surface area contributed by atoms with E-state index in [4.69, 9.17) is 4.74 Å². The van der Waals surface area contributed by atoms with Crippen molar-refractivity contribution in [3.63, 3.8) is 0 Å². The zero-order valence-electron chi connectivity index (χ0n) is 9.38. The van der Waals surface area contributed by atoms with Gasteiger partial charge in [-0.3, -0.25) is 0 Å². The largest absolute Gasteiger partial charge is 0.497 e. The second kappa shape index (κ2) is 5.59. The van der Waals surface area contributed by atoms with Crippen LogP contribution >= 0.6 is 12.6 Å². The number of hydrogen-bond acceptors (Lipinski definition) is 4. The first kappa shape index (κ1) is 13.4. The molecule has 0 amide bonds. The van der Waals surface area contributed by atoms with Gasteiger partial charge in [-0.1, -0.05) is 6.92 Å². The van der Waals surface area contributed by atoms with E-state index in [0.717, 1.165) is 0 Å². The Morgan fingerprint density at radius 3 is 2.31 bits per heavy atom. The van der Waals surface area contributed by atoms with E-state index in [1.807, 2.05) is 6.92 Å². The molecule has 16 heavy (non-hydrogen) atoms. The Morgan fingerprint density at radius 2 is 1.88 bits per heavy atom. The molecule has 0 aliphatic rings. The van der Waals surface area contributed by atoms with Crippen LogP contribution in [0, 0.1) is 0 Å². The quantitative estimate of drug-likeness (QED) is 0.825. The predicted molar refractivity (Wildman–Crippen MR) is 68.1 cm³/mol. The van der Waals surface area contributed by atoms with Gasteiger partial charge in [-0.2, -0.15) is 12.6 Å². The smallest absolute Gasteiger partial charge is 0.178 e. The van der Waals surface area contributed by atoms with Crippen molar-refractivity contribution in [1.29, 1.82) is 0 Å². The molecule has 0 fully saturated rings. The van der Waals surface area contributed by atoms with Crippen LogP contribution in [0.4, 0.5) is 0 Å². The minimum absolute atomic E-state index is 0.0908. The van der Waals surface area contributed by atoms with Crippen molar-refractivity contribution in [2.75, 3.05) is 12.9 Å².